The topological polar surface area (TPSA) is 76.6 Å². The fourth-order valence-corrected chi connectivity index (χ4v) is 4.23. The Morgan fingerprint density at radius 2 is 1.94 bits per heavy atom. The highest BCUT2D eigenvalue weighted by atomic mass is 19.1. The molecule has 1 amide bonds. The van der Waals surface area contributed by atoms with Crippen molar-refractivity contribution in [1.29, 1.82) is 0 Å². The van der Waals surface area contributed by atoms with Crippen LogP contribution in [0.4, 0.5) is 10.2 Å². The molecule has 184 valence electrons. The van der Waals surface area contributed by atoms with Crippen LogP contribution in [0.15, 0.2) is 54.7 Å². The van der Waals surface area contributed by atoms with E-state index in [0.29, 0.717) is 49.2 Å². The summed E-state index contributed by atoms with van der Waals surface area (Å²) < 4.78 is 24.9. The fraction of sp³-hybridized carbons (Fsp3) is 0.370. The van der Waals surface area contributed by atoms with Crippen LogP contribution in [-0.4, -0.2) is 42.2 Å². The van der Waals surface area contributed by atoms with Crippen LogP contribution in [0.25, 0.3) is 11.4 Å². The van der Waals surface area contributed by atoms with Crippen LogP contribution in [-0.2, 0) is 11.3 Å². The van der Waals surface area contributed by atoms with Crippen LogP contribution < -0.4 is 19.7 Å². The Labute approximate surface area is 205 Å². The predicted octanol–water partition coefficient (Wildman–Crippen LogP) is 4.61. The molecule has 1 fully saturated rings. The number of carbonyl (C=O) groups excluding carboxylic acids is 1. The smallest absolute Gasteiger partial charge is 0.225 e. The molecule has 0 spiro atoms. The van der Waals surface area contributed by atoms with Crippen LogP contribution in [0.5, 0.6) is 11.5 Å². The number of nitrogens with zero attached hydrogens (tertiary/aromatic N) is 3. The van der Waals surface area contributed by atoms with E-state index >= 15 is 0 Å². The maximum absolute atomic E-state index is 13.6. The molecular weight excluding hydrogens is 447 g/mol. The first kappa shape index (κ1) is 24.4. The fourth-order valence-electron chi connectivity index (χ4n) is 4.23. The highest BCUT2D eigenvalue weighted by Gasteiger charge is 2.26. The Balaban J connectivity index is 1.39. The van der Waals surface area contributed by atoms with Crippen molar-refractivity contribution in [2.45, 2.75) is 33.2 Å². The summed E-state index contributed by atoms with van der Waals surface area (Å²) in [7, 11) is 0. The zero-order chi connectivity index (χ0) is 24.6. The van der Waals surface area contributed by atoms with Crippen molar-refractivity contribution in [1.82, 2.24) is 15.3 Å². The summed E-state index contributed by atoms with van der Waals surface area (Å²) in [5.41, 5.74) is 1.58. The molecular formula is C27H31FN4O3. The van der Waals surface area contributed by atoms with Gasteiger partial charge in [0.05, 0.1) is 19.1 Å². The van der Waals surface area contributed by atoms with Gasteiger partial charge in [0.1, 0.15) is 11.6 Å². The van der Waals surface area contributed by atoms with E-state index in [1.807, 2.05) is 38.1 Å². The number of amides is 1. The Morgan fingerprint density at radius 1 is 1.11 bits per heavy atom. The Kier molecular flexibility index (Phi) is 8.13. The van der Waals surface area contributed by atoms with Crippen molar-refractivity contribution in [2.24, 2.45) is 5.92 Å². The Hall–Kier alpha value is -3.68. The molecule has 7 nitrogen and oxygen atoms in total. The zero-order valence-electron chi connectivity index (χ0n) is 20.2. The summed E-state index contributed by atoms with van der Waals surface area (Å²) in [6, 6.07) is 13.8. The molecule has 1 aromatic heterocycles. The second-order valence-corrected chi connectivity index (χ2v) is 8.40. The molecule has 1 aliphatic heterocycles. The minimum Gasteiger partial charge on any atom is -0.490 e. The van der Waals surface area contributed by atoms with Gasteiger partial charge in [-0.15, -0.1) is 0 Å². The molecule has 0 bridgehead atoms. The third-order valence-corrected chi connectivity index (χ3v) is 5.91. The lowest BCUT2D eigenvalue weighted by atomic mass is 9.97. The van der Waals surface area contributed by atoms with Crippen molar-refractivity contribution in [3.63, 3.8) is 0 Å². The third kappa shape index (κ3) is 6.26. The lowest BCUT2D eigenvalue weighted by molar-refractivity contribution is -0.125. The number of aromatic nitrogens is 2. The largest absolute Gasteiger partial charge is 0.490 e. The van der Waals surface area contributed by atoms with E-state index in [1.54, 1.807) is 18.3 Å². The minimum atomic E-state index is -0.327. The lowest BCUT2D eigenvalue weighted by Gasteiger charge is -2.33. The first-order valence-electron chi connectivity index (χ1n) is 12.1. The van der Waals surface area contributed by atoms with Gasteiger partial charge in [0.25, 0.3) is 0 Å². The van der Waals surface area contributed by atoms with E-state index in [2.05, 4.69) is 20.2 Å². The quantitative estimate of drug-likeness (QED) is 0.484. The van der Waals surface area contributed by atoms with E-state index in [-0.39, 0.29) is 17.6 Å². The third-order valence-electron chi connectivity index (χ3n) is 5.91. The average molecular weight is 479 g/mol. The van der Waals surface area contributed by atoms with Gasteiger partial charge in [-0.3, -0.25) is 4.79 Å². The predicted molar refractivity (Wildman–Crippen MR) is 133 cm³/mol. The number of ether oxygens (including phenoxy) is 2. The monoisotopic (exact) mass is 478 g/mol. The first-order valence-corrected chi connectivity index (χ1v) is 12.1. The number of carbonyl (C=O) groups is 1. The van der Waals surface area contributed by atoms with Crippen LogP contribution in [0.2, 0.25) is 0 Å². The van der Waals surface area contributed by atoms with Crippen molar-refractivity contribution >= 4 is 11.7 Å². The maximum atomic E-state index is 13.6. The summed E-state index contributed by atoms with van der Waals surface area (Å²) in [6.07, 6.45) is 3.38. The van der Waals surface area contributed by atoms with Crippen molar-refractivity contribution in [3.8, 4) is 22.9 Å². The van der Waals surface area contributed by atoms with Crippen molar-refractivity contribution < 1.29 is 18.7 Å². The number of hydrogen-bond acceptors (Lipinski definition) is 6. The summed E-state index contributed by atoms with van der Waals surface area (Å²) in [5, 5.41) is 3.07. The molecule has 1 atom stereocenters. The molecule has 1 N–H and O–H groups in total. The molecule has 2 heterocycles. The van der Waals surface area contributed by atoms with Gasteiger partial charge in [-0.1, -0.05) is 18.2 Å². The number of halogens is 1. The molecule has 35 heavy (non-hydrogen) atoms. The molecule has 3 aromatic rings. The number of rotatable bonds is 9. The average Bonchev–Trinajstić information content (AvgIpc) is 2.89. The van der Waals surface area contributed by atoms with E-state index in [0.717, 1.165) is 30.8 Å². The Bertz CT molecular complexity index is 1160. The lowest BCUT2D eigenvalue weighted by Crippen LogP contribution is -2.43. The summed E-state index contributed by atoms with van der Waals surface area (Å²) >= 11 is 0. The molecule has 2 aromatic carbocycles. The summed E-state index contributed by atoms with van der Waals surface area (Å²) in [4.78, 5) is 24.0. The first-order chi connectivity index (χ1) is 17.1. The molecule has 0 saturated carbocycles. The number of anilines is 1. The summed E-state index contributed by atoms with van der Waals surface area (Å²) in [6.45, 7) is 6.75. The van der Waals surface area contributed by atoms with E-state index in [4.69, 9.17) is 9.47 Å². The van der Waals surface area contributed by atoms with Crippen LogP contribution in [0, 0.1) is 11.7 Å². The van der Waals surface area contributed by atoms with E-state index in [1.165, 1.54) is 12.1 Å². The second kappa shape index (κ2) is 11.6. The van der Waals surface area contributed by atoms with Crippen LogP contribution in [0.1, 0.15) is 32.3 Å². The molecule has 1 saturated heterocycles. The maximum Gasteiger partial charge on any atom is 0.225 e. The van der Waals surface area contributed by atoms with Gasteiger partial charge in [-0.05, 0) is 62.6 Å². The number of piperidine rings is 1. The standard InChI is InChI=1S/C27H31FN4O3/c1-3-34-23-11-10-19(15-24(23)35-4-2)17-30-27(33)21-8-6-14-32(18-21)25-12-13-29-26(31-25)20-7-5-9-22(28)16-20/h5,7,9-13,15-16,21H,3-4,6,8,14,17-18H2,1-2H3,(H,30,33)/t21-/m1/s1. The van der Waals surface area contributed by atoms with Crippen LogP contribution >= 0.6 is 0 Å². The van der Waals surface area contributed by atoms with Gasteiger partial charge in [-0.25, -0.2) is 14.4 Å². The highest BCUT2D eigenvalue weighted by Crippen LogP contribution is 2.29. The highest BCUT2D eigenvalue weighted by molar-refractivity contribution is 5.79. The van der Waals surface area contributed by atoms with Gasteiger partial charge >= 0.3 is 0 Å². The normalized spacial score (nSPS) is 15.5. The molecule has 8 heteroatoms. The molecule has 1 aliphatic rings. The van der Waals surface area contributed by atoms with Crippen LogP contribution in [0.3, 0.4) is 0 Å². The molecule has 0 aliphatic carbocycles. The van der Waals surface area contributed by atoms with Gasteiger partial charge in [-0.2, -0.15) is 0 Å². The van der Waals surface area contributed by atoms with Crippen molar-refractivity contribution in [3.05, 3.63) is 66.1 Å². The Morgan fingerprint density at radius 3 is 2.74 bits per heavy atom. The molecule has 0 unspecified atom stereocenters. The van der Waals surface area contributed by atoms with Crippen molar-refractivity contribution in [2.75, 3.05) is 31.2 Å². The van der Waals surface area contributed by atoms with Gasteiger partial charge < -0.3 is 19.7 Å². The second-order valence-electron chi connectivity index (χ2n) is 8.40. The van der Waals surface area contributed by atoms with E-state index < -0.39 is 0 Å². The zero-order valence-corrected chi connectivity index (χ0v) is 20.2. The molecule has 4 rings (SSSR count). The van der Waals surface area contributed by atoms with Gasteiger partial charge in [0, 0.05) is 31.4 Å². The molecule has 0 radical (unpaired) electrons. The summed E-state index contributed by atoms with van der Waals surface area (Å²) in [5.74, 6) is 2.13. The number of hydrogen-bond donors (Lipinski definition) is 1. The number of benzene rings is 2. The van der Waals surface area contributed by atoms with Gasteiger partial charge in [0.15, 0.2) is 17.3 Å². The van der Waals surface area contributed by atoms with E-state index in [9.17, 15) is 9.18 Å². The minimum absolute atomic E-state index is 0.0148. The number of nitrogens with one attached hydrogen (secondary N) is 1. The van der Waals surface area contributed by atoms with Gasteiger partial charge in [0.2, 0.25) is 5.91 Å². The SMILES string of the molecule is CCOc1ccc(CNC(=O)[C@@H]2CCCN(c3ccnc(-c4cccc(F)c4)n3)C2)cc1OCC.